The SMILES string of the molecule is COc1ccc(/C=N\NC(=O)CCC(=O)N/N=C/c2ccc(OC)c3ccccc23)c2ccccc12. The van der Waals surface area contributed by atoms with Gasteiger partial charge in [-0.15, -0.1) is 0 Å². The maximum atomic E-state index is 12.1. The van der Waals surface area contributed by atoms with E-state index in [0.717, 1.165) is 44.2 Å². The molecule has 0 saturated carbocycles. The van der Waals surface area contributed by atoms with Crippen molar-refractivity contribution >= 4 is 45.8 Å². The van der Waals surface area contributed by atoms with Crippen LogP contribution in [0, 0.1) is 0 Å². The Balaban J connectivity index is 1.29. The van der Waals surface area contributed by atoms with Gasteiger partial charge in [-0.05, 0) is 35.0 Å². The molecule has 0 atom stereocenters. The van der Waals surface area contributed by atoms with E-state index in [2.05, 4.69) is 21.1 Å². The lowest BCUT2D eigenvalue weighted by molar-refractivity contribution is -0.126. The summed E-state index contributed by atoms with van der Waals surface area (Å²) in [6.45, 7) is 0. The van der Waals surface area contributed by atoms with Crippen molar-refractivity contribution < 1.29 is 19.1 Å². The predicted molar refractivity (Wildman–Crippen MR) is 142 cm³/mol. The Kier molecular flexibility index (Phi) is 7.87. The monoisotopic (exact) mass is 482 g/mol. The van der Waals surface area contributed by atoms with Crippen molar-refractivity contribution in [1.29, 1.82) is 0 Å². The first-order valence-electron chi connectivity index (χ1n) is 11.4. The van der Waals surface area contributed by atoms with Crippen LogP contribution in [0.2, 0.25) is 0 Å². The molecule has 36 heavy (non-hydrogen) atoms. The number of nitrogens with zero attached hydrogens (tertiary/aromatic N) is 2. The molecule has 0 aliphatic rings. The summed E-state index contributed by atoms with van der Waals surface area (Å²) in [7, 11) is 3.25. The molecule has 2 amide bonds. The fraction of sp³-hybridized carbons (Fsp3) is 0.143. The summed E-state index contributed by atoms with van der Waals surface area (Å²) >= 11 is 0. The summed E-state index contributed by atoms with van der Waals surface area (Å²) in [5, 5.41) is 11.9. The topological polar surface area (TPSA) is 101 Å². The molecule has 0 heterocycles. The molecule has 0 aromatic heterocycles. The van der Waals surface area contributed by atoms with E-state index < -0.39 is 0 Å². The molecule has 0 fully saturated rings. The zero-order valence-electron chi connectivity index (χ0n) is 20.0. The Morgan fingerprint density at radius 3 is 1.42 bits per heavy atom. The van der Waals surface area contributed by atoms with Gasteiger partial charge in [-0.1, -0.05) is 48.5 Å². The number of rotatable bonds is 9. The number of ether oxygens (including phenoxy) is 2. The molecule has 4 aromatic carbocycles. The van der Waals surface area contributed by atoms with Crippen LogP contribution in [0.25, 0.3) is 21.5 Å². The number of hydrazone groups is 2. The Morgan fingerprint density at radius 2 is 1.03 bits per heavy atom. The van der Waals surface area contributed by atoms with Crippen molar-refractivity contribution in [3.8, 4) is 11.5 Å². The van der Waals surface area contributed by atoms with E-state index in [4.69, 9.17) is 9.47 Å². The molecular formula is C28H26N4O4. The predicted octanol–water partition coefficient (Wildman–Crippen LogP) is 4.39. The van der Waals surface area contributed by atoms with Gasteiger partial charge in [0.2, 0.25) is 11.8 Å². The number of hydrogen-bond donors (Lipinski definition) is 2. The average molecular weight is 483 g/mol. The van der Waals surface area contributed by atoms with Crippen molar-refractivity contribution in [1.82, 2.24) is 10.9 Å². The van der Waals surface area contributed by atoms with Gasteiger partial charge in [0.05, 0.1) is 26.6 Å². The van der Waals surface area contributed by atoms with Crippen molar-refractivity contribution in [2.45, 2.75) is 12.8 Å². The first-order valence-corrected chi connectivity index (χ1v) is 11.4. The van der Waals surface area contributed by atoms with Gasteiger partial charge in [0, 0.05) is 34.7 Å². The van der Waals surface area contributed by atoms with Crippen molar-refractivity contribution in [2.24, 2.45) is 10.2 Å². The van der Waals surface area contributed by atoms with Crippen LogP contribution >= 0.6 is 0 Å². The second-order valence-corrected chi connectivity index (χ2v) is 7.89. The first kappa shape index (κ1) is 24.4. The lowest BCUT2D eigenvalue weighted by Gasteiger charge is -2.07. The third-order valence-electron chi connectivity index (χ3n) is 5.64. The highest BCUT2D eigenvalue weighted by atomic mass is 16.5. The Bertz CT molecular complexity index is 1350. The maximum absolute atomic E-state index is 12.1. The molecule has 8 heteroatoms. The summed E-state index contributed by atoms with van der Waals surface area (Å²) in [4.78, 5) is 24.3. The summed E-state index contributed by atoms with van der Waals surface area (Å²) in [5.41, 5.74) is 6.60. The number of hydrogen-bond acceptors (Lipinski definition) is 6. The molecule has 0 unspecified atom stereocenters. The molecule has 0 aliphatic carbocycles. The largest absolute Gasteiger partial charge is 0.496 e. The zero-order valence-corrected chi connectivity index (χ0v) is 20.0. The minimum Gasteiger partial charge on any atom is -0.496 e. The van der Waals surface area contributed by atoms with Gasteiger partial charge in [0.25, 0.3) is 0 Å². The first-order chi connectivity index (χ1) is 17.6. The quantitative estimate of drug-likeness (QED) is 0.273. The maximum Gasteiger partial charge on any atom is 0.240 e. The van der Waals surface area contributed by atoms with Gasteiger partial charge in [0.15, 0.2) is 0 Å². The Labute approximate surface area is 208 Å². The number of benzene rings is 4. The second-order valence-electron chi connectivity index (χ2n) is 7.89. The molecule has 0 radical (unpaired) electrons. The molecule has 182 valence electrons. The Hall–Kier alpha value is -4.72. The molecule has 0 aliphatic heterocycles. The van der Waals surface area contributed by atoms with Crippen LogP contribution in [0.1, 0.15) is 24.0 Å². The highest BCUT2D eigenvalue weighted by Crippen LogP contribution is 2.28. The van der Waals surface area contributed by atoms with Crippen LogP contribution in [0.3, 0.4) is 0 Å². The molecule has 8 nitrogen and oxygen atoms in total. The van der Waals surface area contributed by atoms with Gasteiger partial charge >= 0.3 is 0 Å². The molecular weight excluding hydrogens is 456 g/mol. The lowest BCUT2D eigenvalue weighted by Crippen LogP contribution is -2.22. The third kappa shape index (κ3) is 5.67. The van der Waals surface area contributed by atoms with E-state index in [1.165, 1.54) is 0 Å². The minimum absolute atomic E-state index is 0.0203. The molecule has 0 bridgehead atoms. The van der Waals surface area contributed by atoms with E-state index in [1.54, 1.807) is 26.6 Å². The van der Waals surface area contributed by atoms with E-state index in [-0.39, 0.29) is 24.7 Å². The van der Waals surface area contributed by atoms with E-state index in [0.29, 0.717) is 0 Å². The number of fused-ring (bicyclic) bond motifs is 2. The van der Waals surface area contributed by atoms with Crippen LogP contribution < -0.4 is 20.3 Å². The van der Waals surface area contributed by atoms with Crippen LogP contribution in [0.4, 0.5) is 0 Å². The normalized spacial score (nSPS) is 11.3. The van der Waals surface area contributed by atoms with E-state index in [9.17, 15) is 9.59 Å². The second kappa shape index (κ2) is 11.6. The summed E-state index contributed by atoms with van der Waals surface area (Å²) in [6.07, 6.45) is 3.10. The lowest BCUT2D eigenvalue weighted by atomic mass is 10.0. The number of carbonyl (C=O) groups excluding carboxylic acids is 2. The zero-order chi connectivity index (χ0) is 25.3. The van der Waals surface area contributed by atoms with Gasteiger partial charge in [-0.2, -0.15) is 10.2 Å². The fourth-order valence-electron chi connectivity index (χ4n) is 3.86. The molecule has 4 aromatic rings. The van der Waals surface area contributed by atoms with E-state index in [1.807, 2.05) is 72.8 Å². The van der Waals surface area contributed by atoms with Crippen LogP contribution in [-0.2, 0) is 9.59 Å². The van der Waals surface area contributed by atoms with E-state index >= 15 is 0 Å². The van der Waals surface area contributed by atoms with Gasteiger partial charge in [-0.25, -0.2) is 10.9 Å². The summed E-state index contributed by atoms with van der Waals surface area (Å²) in [6, 6.07) is 23.0. The molecule has 2 N–H and O–H groups in total. The minimum atomic E-state index is -0.371. The van der Waals surface area contributed by atoms with Gasteiger partial charge in [-0.3, -0.25) is 9.59 Å². The smallest absolute Gasteiger partial charge is 0.240 e. The van der Waals surface area contributed by atoms with Gasteiger partial charge < -0.3 is 9.47 Å². The number of amides is 2. The van der Waals surface area contributed by atoms with Gasteiger partial charge in [0.1, 0.15) is 11.5 Å². The summed E-state index contributed by atoms with van der Waals surface area (Å²) in [5.74, 6) is 0.787. The van der Waals surface area contributed by atoms with Crippen molar-refractivity contribution in [2.75, 3.05) is 14.2 Å². The number of methoxy groups -OCH3 is 2. The average Bonchev–Trinajstić information content (AvgIpc) is 2.92. The highest BCUT2D eigenvalue weighted by molar-refractivity contribution is 6.03. The standard InChI is InChI=1S/C28H26N4O4/c1-35-25-13-11-19(21-7-3-5-9-23(21)25)17-29-31-27(33)15-16-28(34)32-30-18-20-12-14-26(36-2)24-10-6-4-8-22(20)24/h3-14,17-18H,15-16H2,1-2H3,(H,31,33)(H,32,34)/b29-17-,30-18+. The Morgan fingerprint density at radius 1 is 0.639 bits per heavy atom. The number of carbonyl (C=O) groups is 2. The molecule has 4 rings (SSSR count). The summed E-state index contributed by atoms with van der Waals surface area (Å²) < 4.78 is 10.8. The highest BCUT2D eigenvalue weighted by Gasteiger charge is 2.08. The fourth-order valence-corrected chi connectivity index (χ4v) is 3.86. The van der Waals surface area contributed by atoms with Crippen LogP contribution in [0.15, 0.2) is 83.0 Å². The van der Waals surface area contributed by atoms with Crippen LogP contribution in [0.5, 0.6) is 11.5 Å². The van der Waals surface area contributed by atoms with Crippen molar-refractivity contribution in [3.63, 3.8) is 0 Å². The van der Waals surface area contributed by atoms with Crippen LogP contribution in [-0.4, -0.2) is 38.5 Å². The molecule has 0 spiro atoms. The molecule has 0 saturated heterocycles. The number of nitrogens with one attached hydrogen (secondary N) is 2. The third-order valence-corrected chi connectivity index (χ3v) is 5.64. The van der Waals surface area contributed by atoms with Crippen molar-refractivity contribution in [3.05, 3.63) is 83.9 Å².